The second kappa shape index (κ2) is 9.29. The van der Waals surface area contributed by atoms with Gasteiger partial charge in [-0.05, 0) is 24.7 Å². The van der Waals surface area contributed by atoms with Crippen molar-refractivity contribution < 1.29 is 17.9 Å². The summed E-state index contributed by atoms with van der Waals surface area (Å²) in [7, 11) is 1.71. The predicted molar refractivity (Wildman–Crippen MR) is 95.4 cm³/mol. The van der Waals surface area contributed by atoms with Crippen LogP contribution in [0.25, 0.3) is 0 Å². The Labute approximate surface area is 153 Å². The molecule has 23 heavy (non-hydrogen) atoms. The van der Waals surface area contributed by atoms with Crippen LogP contribution in [0, 0.1) is 5.41 Å². The van der Waals surface area contributed by atoms with E-state index < -0.39 is 12.8 Å². The van der Waals surface area contributed by atoms with E-state index in [0.29, 0.717) is 12.0 Å². The molecule has 2 aliphatic rings. The fourth-order valence-corrected chi connectivity index (χ4v) is 3.58. The van der Waals surface area contributed by atoms with E-state index in [4.69, 9.17) is 0 Å². The van der Waals surface area contributed by atoms with Crippen LogP contribution in [0.5, 0.6) is 0 Å². The van der Waals surface area contributed by atoms with Gasteiger partial charge in [-0.1, -0.05) is 19.3 Å². The first-order valence-electron chi connectivity index (χ1n) is 8.04. The lowest BCUT2D eigenvalue weighted by molar-refractivity contribution is -0.173. The molecule has 4 nitrogen and oxygen atoms in total. The van der Waals surface area contributed by atoms with E-state index in [0.717, 1.165) is 19.0 Å². The second-order valence-corrected chi connectivity index (χ2v) is 6.37. The number of nitrogens with one attached hydrogen (secondary N) is 1. The predicted octanol–water partition coefficient (Wildman–Crippen LogP) is 3.41. The number of hydrogen-bond acceptors (Lipinski definition) is 2. The summed E-state index contributed by atoms with van der Waals surface area (Å²) < 4.78 is 40.5. The third kappa shape index (κ3) is 6.64. The zero-order valence-corrected chi connectivity index (χ0v) is 16.0. The van der Waals surface area contributed by atoms with Crippen molar-refractivity contribution in [3.8, 4) is 0 Å². The fourth-order valence-electron chi connectivity index (χ4n) is 3.58. The van der Waals surface area contributed by atoms with Crippen molar-refractivity contribution in [2.75, 3.05) is 39.9 Å². The Morgan fingerprint density at radius 3 is 2.52 bits per heavy atom. The molecule has 0 amide bonds. The van der Waals surface area contributed by atoms with Crippen LogP contribution in [0.4, 0.5) is 13.2 Å². The topological polar surface area (TPSA) is 36.9 Å². The molecule has 1 aliphatic heterocycles. The van der Waals surface area contributed by atoms with E-state index >= 15 is 0 Å². The third-order valence-electron chi connectivity index (χ3n) is 4.66. The number of ether oxygens (including phenoxy) is 1. The molecule has 8 heteroatoms. The van der Waals surface area contributed by atoms with Crippen LogP contribution < -0.4 is 5.32 Å². The lowest BCUT2D eigenvalue weighted by Crippen LogP contribution is -2.42. The third-order valence-corrected chi connectivity index (χ3v) is 4.66. The molecular weight excluding hydrogens is 422 g/mol. The maximum absolute atomic E-state index is 12.0. The molecule has 2 fully saturated rings. The molecule has 1 spiro atoms. The fraction of sp³-hybridized carbons (Fsp3) is 0.933. The van der Waals surface area contributed by atoms with Gasteiger partial charge < -0.3 is 15.0 Å². The summed E-state index contributed by atoms with van der Waals surface area (Å²) in [6.45, 7) is 1.16. The highest BCUT2D eigenvalue weighted by Gasteiger charge is 2.39. The lowest BCUT2D eigenvalue weighted by Gasteiger charge is -2.33. The summed E-state index contributed by atoms with van der Waals surface area (Å²) in [4.78, 5) is 6.48. The smallest absolute Gasteiger partial charge is 0.370 e. The van der Waals surface area contributed by atoms with Crippen molar-refractivity contribution in [2.45, 2.75) is 44.7 Å². The molecule has 0 aromatic heterocycles. The molecule has 0 unspecified atom stereocenters. The Balaban J connectivity index is 0.00000264. The normalized spacial score (nSPS) is 21.4. The quantitative estimate of drug-likeness (QED) is 0.310. The van der Waals surface area contributed by atoms with Crippen molar-refractivity contribution in [2.24, 2.45) is 10.4 Å². The van der Waals surface area contributed by atoms with Crippen molar-refractivity contribution in [1.82, 2.24) is 10.2 Å². The van der Waals surface area contributed by atoms with Gasteiger partial charge in [-0.15, -0.1) is 24.0 Å². The molecule has 1 aliphatic carbocycles. The standard InChI is InChI=1S/C15H26F3N3O.HI/c1-19-13(20-8-10-22-12-15(16,17)18)21-9-7-14(11-21)5-3-2-4-6-14;/h2-12H2,1H3,(H,19,20);1H. The van der Waals surface area contributed by atoms with Crippen LogP contribution in [0.1, 0.15) is 38.5 Å². The summed E-state index contributed by atoms with van der Waals surface area (Å²) in [5.41, 5.74) is 0.433. The Bertz CT molecular complexity index is 385. The van der Waals surface area contributed by atoms with Crippen molar-refractivity contribution in [3.05, 3.63) is 0 Å². The zero-order chi connectivity index (χ0) is 16.1. The maximum atomic E-state index is 12.0. The van der Waals surface area contributed by atoms with E-state index in [2.05, 4.69) is 19.9 Å². The Kier molecular flexibility index (Phi) is 8.40. The molecule has 0 aromatic rings. The largest absolute Gasteiger partial charge is 0.411 e. The van der Waals surface area contributed by atoms with Gasteiger partial charge in [0.25, 0.3) is 0 Å². The molecule has 0 atom stereocenters. The number of likely N-dealkylation sites (tertiary alicyclic amines) is 1. The molecule has 1 saturated carbocycles. The van der Waals surface area contributed by atoms with Gasteiger partial charge in [-0.3, -0.25) is 4.99 Å². The molecule has 0 aromatic carbocycles. The number of aliphatic imine (C=N–C) groups is 1. The number of nitrogens with zero attached hydrogens (tertiary/aromatic N) is 2. The molecule has 2 rings (SSSR count). The molecule has 0 radical (unpaired) electrons. The van der Waals surface area contributed by atoms with Crippen LogP contribution in [-0.2, 0) is 4.74 Å². The second-order valence-electron chi connectivity index (χ2n) is 6.37. The van der Waals surface area contributed by atoms with Gasteiger partial charge in [0.05, 0.1) is 6.61 Å². The van der Waals surface area contributed by atoms with Gasteiger partial charge >= 0.3 is 6.18 Å². The van der Waals surface area contributed by atoms with Crippen LogP contribution in [0.2, 0.25) is 0 Å². The van der Waals surface area contributed by atoms with Crippen LogP contribution in [-0.4, -0.2) is 56.9 Å². The Morgan fingerprint density at radius 2 is 1.91 bits per heavy atom. The Hall–Kier alpha value is -0.250. The minimum absolute atomic E-state index is 0. The van der Waals surface area contributed by atoms with Crippen LogP contribution >= 0.6 is 24.0 Å². The minimum Gasteiger partial charge on any atom is -0.370 e. The van der Waals surface area contributed by atoms with Gasteiger partial charge in [0.1, 0.15) is 6.61 Å². The maximum Gasteiger partial charge on any atom is 0.411 e. The van der Waals surface area contributed by atoms with Gasteiger partial charge in [-0.2, -0.15) is 13.2 Å². The van der Waals surface area contributed by atoms with Crippen molar-refractivity contribution >= 4 is 29.9 Å². The summed E-state index contributed by atoms with van der Waals surface area (Å²) in [6.07, 6.45) is 3.47. The zero-order valence-electron chi connectivity index (χ0n) is 13.6. The minimum atomic E-state index is -4.26. The molecule has 1 heterocycles. The summed E-state index contributed by atoms with van der Waals surface area (Å²) in [5.74, 6) is 0.776. The highest BCUT2D eigenvalue weighted by molar-refractivity contribution is 14.0. The molecular formula is C15H27F3IN3O. The number of alkyl halides is 3. The van der Waals surface area contributed by atoms with E-state index in [-0.39, 0.29) is 30.6 Å². The van der Waals surface area contributed by atoms with Gasteiger partial charge in [0, 0.05) is 26.7 Å². The van der Waals surface area contributed by atoms with E-state index in [1.807, 2.05) is 0 Å². The SMILES string of the molecule is CN=C(NCCOCC(F)(F)F)N1CCC2(CCCCC2)C1.I. The first-order chi connectivity index (χ1) is 10.4. The monoisotopic (exact) mass is 449 g/mol. The van der Waals surface area contributed by atoms with Crippen LogP contribution in [0.3, 0.4) is 0 Å². The highest BCUT2D eigenvalue weighted by Crippen LogP contribution is 2.43. The highest BCUT2D eigenvalue weighted by atomic mass is 127. The average Bonchev–Trinajstić information content (AvgIpc) is 2.86. The average molecular weight is 449 g/mol. The van der Waals surface area contributed by atoms with Gasteiger partial charge in [0.2, 0.25) is 0 Å². The van der Waals surface area contributed by atoms with E-state index in [1.54, 1.807) is 7.05 Å². The first kappa shape index (κ1) is 20.8. The number of rotatable bonds is 4. The summed E-state index contributed by atoms with van der Waals surface area (Å²) in [6, 6.07) is 0. The number of hydrogen-bond donors (Lipinski definition) is 1. The van der Waals surface area contributed by atoms with E-state index in [1.165, 1.54) is 38.5 Å². The molecule has 136 valence electrons. The summed E-state index contributed by atoms with van der Waals surface area (Å²) in [5, 5.41) is 3.10. The van der Waals surface area contributed by atoms with Crippen LogP contribution in [0.15, 0.2) is 4.99 Å². The molecule has 0 bridgehead atoms. The lowest BCUT2D eigenvalue weighted by atomic mass is 9.73. The number of halogens is 4. The Morgan fingerprint density at radius 1 is 1.22 bits per heavy atom. The summed E-state index contributed by atoms with van der Waals surface area (Å²) >= 11 is 0. The van der Waals surface area contributed by atoms with E-state index in [9.17, 15) is 13.2 Å². The van der Waals surface area contributed by atoms with Crippen molar-refractivity contribution in [1.29, 1.82) is 0 Å². The number of guanidine groups is 1. The molecule has 1 N–H and O–H groups in total. The van der Waals surface area contributed by atoms with Gasteiger partial charge in [0.15, 0.2) is 5.96 Å². The molecule has 1 saturated heterocycles. The van der Waals surface area contributed by atoms with Crippen molar-refractivity contribution in [3.63, 3.8) is 0 Å². The first-order valence-corrected chi connectivity index (χ1v) is 8.04. The van der Waals surface area contributed by atoms with Gasteiger partial charge in [-0.25, -0.2) is 0 Å².